The third-order valence-electron chi connectivity index (χ3n) is 5.95. The van der Waals surface area contributed by atoms with Crippen LogP contribution in [0.15, 0.2) is 109 Å². The molecule has 4 aromatic rings. The highest BCUT2D eigenvalue weighted by Crippen LogP contribution is 2.30. The van der Waals surface area contributed by atoms with Gasteiger partial charge >= 0.3 is 0 Å². The molecule has 0 unspecified atom stereocenters. The highest BCUT2D eigenvalue weighted by molar-refractivity contribution is 6.46. The van der Waals surface area contributed by atoms with E-state index in [0.717, 1.165) is 11.1 Å². The summed E-state index contributed by atoms with van der Waals surface area (Å²) in [5.41, 5.74) is 3.47. The first-order valence-electron chi connectivity index (χ1n) is 12.7. The van der Waals surface area contributed by atoms with E-state index in [0.29, 0.717) is 47.3 Å². The molecule has 4 rings (SSSR count). The Hall–Kier alpha value is -5.10. The molecule has 0 aliphatic heterocycles. The lowest BCUT2D eigenvalue weighted by atomic mass is 10.1. The number of carbonyl (C=O) groups excluding carboxylic acids is 2. The number of methoxy groups -OCH3 is 2. The van der Waals surface area contributed by atoms with E-state index in [1.807, 2.05) is 60.7 Å². The highest BCUT2D eigenvalue weighted by Gasteiger charge is 2.10. The minimum atomic E-state index is -0.644. The summed E-state index contributed by atoms with van der Waals surface area (Å²) in [6.07, 6.45) is 5.62. The number of allylic oxidation sites excluding steroid dienone is 2. The molecule has 0 radical (unpaired) electrons. The summed E-state index contributed by atoms with van der Waals surface area (Å²) in [4.78, 5) is 24.9. The summed E-state index contributed by atoms with van der Waals surface area (Å²) < 4.78 is 22.6. The first-order chi connectivity index (χ1) is 19.6. The fourth-order valence-electron chi connectivity index (χ4n) is 3.79. The van der Waals surface area contributed by atoms with Gasteiger partial charge in [0, 0.05) is 0 Å². The second-order valence-corrected chi connectivity index (χ2v) is 8.76. The predicted molar refractivity (Wildman–Crippen MR) is 156 cm³/mol. The highest BCUT2D eigenvalue weighted by atomic mass is 16.5. The van der Waals surface area contributed by atoms with Gasteiger partial charge in [0.2, 0.25) is 11.6 Å². The average molecular weight is 535 g/mol. The van der Waals surface area contributed by atoms with Crippen LogP contribution in [0.25, 0.3) is 12.2 Å². The smallest absolute Gasteiger partial charge is 0.225 e. The SMILES string of the molecule is COc1cc(/C=C/C(=O)C(=O)/C=C/c2ccc(OCc3ccccc3)c(OC)c2)ccc1OCc1ccccc1. The van der Waals surface area contributed by atoms with E-state index in [1.165, 1.54) is 12.2 Å². The van der Waals surface area contributed by atoms with Crippen LogP contribution < -0.4 is 18.9 Å². The lowest BCUT2D eigenvalue weighted by molar-refractivity contribution is -0.130. The van der Waals surface area contributed by atoms with Crippen molar-refractivity contribution in [2.75, 3.05) is 14.2 Å². The first kappa shape index (κ1) is 27.9. The van der Waals surface area contributed by atoms with E-state index in [2.05, 4.69) is 0 Å². The summed E-state index contributed by atoms with van der Waals surface area (Å²) in [5.74, 6) is 0.939. The molecule has 0 bridgehead atoms. The van der Waals surface area contributed by atoms with Crippen LogP contribution >= 0.6 is 0 Å². The second kappa shape index (κ2) is 14.2. The van der Waals surface area contributed by atoms with Crippen LogP contribution in [0.2, 0.25) is 0 Å². The number of benzene rings is 4. The molecule has 0 spiro atoms. The van der Waals surface area contributed by atoms with Gasteiger partial charge in [-0.3, -0.25) is 9.59 Å². The number of ketones is 2. The molecule has 0 amide bonds. The average Bonchev–Trinajstić information content (AvgIpc) is 3.01. The van der Waals surface area contributed by atoms with Gasteiger partial charge in [0.05, 0.1) is 14.2 Å². The Labute approximate surface area is 234 Å². The molecule has 0 N–H and O–H groups in total. The molecule has 4 aromatic carbocycles. The van der Waals surface area contributed by atoms with Crippen molar-refractivity contribution < 1.29 is 28.5 Å². The van der Waals surface area contributed by atoms with Gasteiger partial charge in [-0.25, -0.2) is 0 Å². The summed E-state index contributed by atoms with van der Waals surface area (Å²) >= 11 is 0. The zero-order valence-corrected chi connectivity index (χ0v) is 22.4. The van der Waals surface area contributed by atoms with E-state index in [9.17, 15) is 9.59 Å². The van der Waals surface area contributed by atoms with Crippen molar-refractivity contribution in [1.82, 2.24) is 0 Å². The van der Waals surface area contributed by atoms with E-state index >= 15 is 0 Å². The molecule has 0 heterocycles. The molecule has 202 valence electrons. The molecule has 0 saturated heterocycles. The molecule has 6 nitrogen and oxygen atoms in total. The van der Waals surface area contributed by atoms with E-state index in [4.69, 9.17) is 18.9 Å². The lowest BCUT2D eigenvalue weighted by Gasteiger charge is -2.11. The second-order valence-electron chi connectivity index (χ2n) is 8.76. The minimum absolute atomic E-state index is 0.404. The molecular weight excluding hydrogens is 504 g/mol. The quantitative estimate of drug-likeness (QED) is 0.140. The van der Waals surface area contributed by atoms with Gasteiger partial charge in [-0.2, -0.15) is 0 Å². The number of ether oxygens (including phenoxy) is 4. The Kier molecular flexibility index (Phi) is 9.89. The molecule has 0 aliphatic carbocycles. The fourth-order valence-corrected chi connectivity index (χ4v) is 3.79. The normalized spacial score (nSPS) is 10.9. The van der Waals surface area contributed by atoms with Gasteiger partial charge in [-0.05, 0) is 58.7 Å². The van der Waals surface area contributed by atoms with Crippen molar-refractivity contribution in [3.8, 4) is 23.0 Å². The van der Waals surface area contributed by atoms with Crippen LogP contribution in [0.1, 0.15) is 22.3 Å². The molecular formula is C34H30O6. The van der Waals surface area contributed by atoms with Crippen LogP contribution in [-0.2, 0) is 22.8 Å². The van der Waals surface area contributed by atoms with E-state index < -0.39 is 11.6 Å². The van der Waals surface area contributed by atoms with Crippen LogP contribution in [0, 0.1) is 0 Å². The van der Waals surface area contributed by atoms with Crippen LogP contribution in [0.4, 0.5) is 0 Å². The Morgan fingerprint density at radius 2 is 0.950 bits per heavy atom. The monoisotopic (exact) mass is 534 g/mol. The van der Waals surface area contributed by atoms with Gasteiger partial charge < -0.3 is 18.9 Å². The van der Waals surface area contributed by atoms with Crippen molar-refractivity contribution in [1.29, 1.82) is 0 Å². The maximum Gasteiger partial charge on any atom is 0.225 e. The number of hydrogen-bond acceptors (Lipinski definition) is 6. The van der Waals surface area contributed by atoms with Gasteiger partial charge in [0.25, 0.3) is 0 Å². The molecule has 0 aromatic heterocycles. The van der Waals surface area contributed by atoms with Gasteiger partial charge in [0.1, 0.15) is 13.2 Å². The molecule has 0 aliphatic rings. The Balaban J connectivity index is 1.34. The van der Waals surface area contributed by atoms with Crippen molar-refractivity contribution in [2.45, 2.75) is 13.2 Å². The van der Waals surface area contributed by atoms with Crippen molar-refractivity contribution >= 4 is 23.7 Å². The summed E-state index contributed by atoms with van der Waals surface area (Å²) in [6.45, 7) is 0.808. The van der Waals surface area contributed by atoms with Gasteiger partial charge in [-0.15, -0.1) is 0 Å². The topological polar surface area (TPSA) is 71.1 Å². The third kappa shape index (κ3) is 7.95. The van der Waals surface area contributed by atoms with E-state index in [-0.39, 0.29) is 0 Å². The maximum atomic E-state index is 12.4. The van der Waals surface area contributed by atoms with Crippen LogP contribution in [0.5, 0.6) is 23.0 Å². The number of carbonyl (C=O) groups is 2. The fraction of sp³-hybridized carbons (Fsp3) is 0.118. The molecule has 40 heavy (non-hydrogen) atoms. The molecule has 0 saturated carbocycles. The van der Waals surface area contributed by atoms with Crippen molar-refractivity contribution in [3.63, 3.8) is 0 Å². The lowest BCUT2D eigenvalue weighted by Crippen LogP contribution is -2.06. The zero-order chi connectivity index (χ0) is 28.2. The maximum absolute atomic E-state index is 12.4. The predicted octanol–water partition coefficient (Wildman–Crippen LogP) is 6.73. The van der Waals surface area contributed by atoms with Crippen LogP contribution in [0.3, 0.4) is 0 Å². The molecule has 0 fully saturated rings. The van der Waals surface area contributed by atoms with Crippen molar-refractivity contribution in [2.24, 2.45) is 0 Å². The van der Waals surface area contributed by atoms with E-state index in [1.54, 1.807) is 62.8 Å². The minimum Gasteiger partial charge on any atom is -0.493 e. The Bertz CT molecular complexity index is 1370. The Morgan fingerprint density at radius 3 is 1.32 bits per heavy atom. The molecule has 0 atom stereocenters. The van der Waals surface area contributed by atoms with Gasteiger partial charge in [-0.1, -0.05) is 84.9 Å². The summed E-state index contributed by atoms with van der Waals surface area (Å²) in [6, 6.07) is 30.2. The van der Waals surface area contributed by atoms with Gasteiger partial charge in [0.15, 0.2) is 23.0 Å². The number of hydrogen-bond donors (Lipinski definition) is 0. The first-order valence-corrected chi connectivity index (χ1v) is 12.7. The summed E-state index contributed by atoms with van der Waals surface area (Å²) in [5, 5.41) is 0. The standard InChI is InChI=1S/C34H30O6/c1-37-33-21-25(15-19-31(33)39-23-27-9-5-3-6-10-27)13-17-29(35)30(36)18-14-26-16-20-32(34(22-26)38-2)40-24-28-11-7-4-8-12-28/h3-22H,23-24H2,1-2H3/b17-13+,18-14+. The van der Waals surface area contributed by atoms with Crippen LogP contribution in [-0.4, -0.2) is 25.8 Å². The zero-order valence-electron chi connectivity index (χ0n) is 22.4. The largest absolute Gasteiger partial charge is 0.493 e. The molecule has 6 heteroatoms. The third-order valence-corrected chi connectivity index (χ3v) is 5.95. The summed E-state index contributed by atoms with van der Waals surface area (Å²) in [7, 11) is 3.10. The van der Waals surface area contributed by atoms with Crippen molar-refractivity contribution in [3.05, 3.63) is 131 Å². The Morgan fingerprint density at radius 1 is 0.550 bits per heavy atom. The number of rotatable bonds is 13.